The Hall–Kier alpha value is -2.84. The molecule has 0 aliphatic heterocycles. The van der Waals surface area contributed by atoms with E-state index in [9.17, 15) is 4.79 Å². The number of hydrogen-bond donors (Lipinski definition) is 0. The summed E-state index contributed by atoms with van der Waals surface area (Å²) in [5, 5.41) is 0. The molecule has 0 amide bonds. The lowest BCUT2D eigenvalue weighted by Gasteiger charge is -2.07. The molecule has 0 aliphatic rings. The molecular weight excluding hydrogens is 466 g/mol. The molecule has 4 nitrogen and oxygen atoms in total. The van der Waals surface area contributed by atoms with E-state index in [0.717, 1.165) is 59.9 Å². The maximum Gasteiger partial charge on any atom is 0.333 e. The van der Waals surface area contributed by atoms with Gasteiger partial charge in [-0.3, -0.25) is 0 Å². The Balaban J connectivity index is 1.63. The number of carbonyl (C=O) groups excluding carboxylic acids is 1. The fraction of sp³-hybridized carbons (Fsp3) is 0.333. The standard InChI is InChI=1S/C27H30BrNO3/c1-21(2)27(30)32-19-9-7-5-4-6-8-18-31-25-16-10-22(11-17-25)20-26(29-3)23-12-14-24(28)15-13-23/h10-17,20H,1,4-9,18-19H2,2H3/b26-20-. The number of unbranched alkanes of at least 4 members (excludes halogenated alkanes) is 5. The topological polar surface area (TPSA) is 39.9 Å². The van der Waals surface area contributed by atoms with Crippen molar-refractivity contribution in [3.63, 3.8) is 0 Å². The molecule has 0 heterocycles. The molecule has 2 aromatic rings. The molecule has 2 aromatic carbocycles. The molecule has 0 fully saturated rings. The predicted octanol–water partition coefficient (Wildman–Crippen LogP) is 7.71. The van der Waals surface area contributed by atoms with Crippen LogP contribution < -0.4 is 4.74 Å². The number of ether oxygens (including phenoxy) is 2. The van der Waals surface area contributed by atoms with Crippen LogP contribution in [0, 0.1) is 6.57 Å². The van der Waals surface area contributed by atoms with Crippen molar-refractivity contribution in [1.82, 2.24) is 0 Å². The molecule has 0 radical (unpaired) electrons. The normalized spacial score (nSPS) is 11.0. The van der Waals surface area contributed by atoms with Crippen LogP contribution in [0.25, 0.3) is 16.6 Å². The van der Waals surface area contributed by atoms with E-state index >= 15 is 0 Å². The van der Waals surface area contributed by atoms with Gasteiger partial charge in [0, 0.05) is 10.0 Å². The van der Waals surface area contributed by atoms with Crippen molar-refractivity contribution in [2.24, 2.45) is 0 Å². The van der Waals surface area contributed by atoms with Gasteiger partial charge in [-0.25, -0.2) is 9.64 Å². The van der Waals surface area contributed by atoms with Gasteiger partial charge in [-0.15, -0.1) is 0 Å². The molecule has 5 heteroatoms. The SMILES string of the molecule is [C-]#[N+]/C(=C\c1ccc(OCCCCCCCCOC(=O)C(=C)C)cc1)c1ccc(Br)cc1. The molecule has 2 rings (SSSR count). The third kappa shape index (κ3) is 9.53. The Labute approximate surface area is 199 Å². The number of nitrogens with zero attached hydrogens (tertiary/aromatic N) is 1. The molecule has 0 bridgehead atoms. The maximum atomic E-state index is 11.3. The smallest absolute Gasteiger partial charge is 0.333 e. The number of hydrogen-bond acceptors (Lipinski definition) is 3. The van der Waals surface area contributed by atoms with E-state index in [1.165, 1.54) is 0 Å². The number of esters is 1. The summed E-state index contributed by atoms with van der Waals surface area (Å²) in [5.41, 5.74) is 2.93. The zero-order valence-corrected chi connectivity index (χ0v) is 20.2. The van der Waals surface area contributed by atoms with Gasteiger partial charge in [-0.1, -0.05) is 72.5 Å². The maximum absolute atomic E-state index is 11.3. The lowest BCUT2D eigenvalue weighted by Crippen LogP contribution is -2.06. The van der Waals surface area contributed by atoms with Gasteiger partial charge in [0.2, 0.25) is 0 Å². The van der Waals surface area contributed by atoms with E-state index in [1.807, 2.05) is 54.6 Å². The quantitative estimate of drug-likeness (QED) is 0.0938. The first-order valence-electron chi connectivity index (χ1n) is 10.9. The average molecular weight is 496 g/mol. The highest BCUT2D eigenvalue weighted by atomic mass is 79.9. The lowest BCUT2D eigenvalue weighted by atomic mass is 10.1. The van der Waals surface area contributed by atoms with Gasteiger partial charge in [0.05, 0.1) is 19.8 Å². The van der Waals surface area contributed by atoms with Crippen LogP contribution in [0.15, 0.2) is 65.2 Å². The van der Waals surface area contributed by atoms with E-state index in [-0.39, 0.29) is 5.97 Å². The third-order valence-corrected chi connectivity index (χ3v) is 5.36. The number of carbonyl (C=O) groups is 1. The van der Waals surface area contributed by atoms with E-state index in [1.54, 1.807) is 6.92 Å². The van der Waals surface area contributed by atoms with Crippen LogP contribution in [0.1, 0.15) is 56.6 Å². The first-order valence-corrected chi connectivity index (χ1v) is 11.7. The molecule has 0 atom stereocenters. The Morgan fingerprint density at radius 3 is 2.16 bits per heavy atom. The van der Waals surface area contributed by atoms with Gasteiger partial charge in [-0.05, 0) is 61.2 Å². The van der Waals surface area contributed by atoms with Crippen molar-refractivity contribution in [2.45, 2.75) is 45.4 Å². The molecule has 0 unspecified atom stereocenters. The van der Waals surface area contributed by atoms with Crippen LogP contribution in [-0.2, 0) is 9.53 Å². The van der Waals surface area contributed by atoms with Crippen molar-refractivity contribution in [3.05, 3.63) is 87.7 Å². The highest BCUT2D eigenvalue weighted by Gasteiger charge is 2.03. The summed E-state index contributed by atoms with van der Waals surface area (Å²) in [6.45, 7) is 13.9. The first kappa shape index (κ1) is 25.4. The third-order valence-electron chi connectivity index (χ3n) is 4.83. The van der Waals surface area contributed by atoms with Crippen LogP contribution in [-0.4, -0.2) is 19.2 Å². The van der Waals surface area contributed by atoms with Gasteiger partial charge >= 0.3 is 5.97 Å². The number of rotatable bonds is 13. The Morgan fingerprint density at radius 2 is 1.56 bits per heavy atom. The van der Waals surface area contributed by atoms with Gasteiger partial charge in [0.15, 0.2) is 5.70 Å². The zero-order chi connectivity index (χ0) is 23.2. The fourth-order valence-electron chi connectivity index (χ4n) is 3.01. The average Bonchev–Trinajstić information content (AvgIpc) is 2.80. The summed E-state index contributed by atoms with van der Waals surface area (Å²) < 4.78 is 11.9. The van der Waals surface area contributed by atoms with Crippen molar-refractivity contribution in [3.8, 4) is 5.75 Å². The number of halogens is 1. The second-order valence-electron chi connectivity index (χ2n) is 7.60. The molecule has 0 aromatic heterocycles. The molecule has 168 valence electrons. The van der Waals surface area contributed by atoms with Crippen LogP contribution in [0.3, 0.4) is 0 Å². The summed E-state index contributed by atoms with van der Waals surface area (Å²) in [7, 11) is 0. The Kier molecular flexibility index (Phi) is 11.3. The minimum atomic E-state index is -0.303. The van der Waals surface area contributed by atoms with Gasteiger partial charge in [0.1, 0.15) is 5.75 Å². The van der Waals surface area contributed by atoms with Crippen molar-refractivity contribution in [1.29, 1.82) is 0 Å². The zero-order valence-electron chi connectivity index (χ0n) is 18.6. The van der Waals surface area contributed by atoms with Crippen molar-refractivity contribution >= 4 is 33.7 Å². The minimum Gasteiger partial charge on any atom is -0.494 e. The van der Waals surface area contributed by atoms with E-state index < -0.39 is 0 Å². The van der Waals surface area contributed by atoms with Crippen LogP contribution >= 0.6 is 15.9 Å². The lowest BCUT2D eigenvalue weighted by molar-refractivity contribution is -0.139. The summed E-state index contributed by atoms with van der Waals surface area (Å²) in [6.07, 6.45) is 8.26. The van der Waals surface area contributed by atoms with Crippen molar-refractivity contribution < 1.29 is 14.3 Å². The monoisotopic (exact) mass is 495 g/mol. The van der Waals surface area contributed by atoms with E-state index in [4.69, 9.17) is 16.0 Å². The van der Waals surface area contributed by atoms with Crippen LogP contribution in [0.2, 0.25) is 0 Å². The Bertz CT molecular complexity index is 940. The molecular formula is C27H30BrNO3. The highest BCUT2D eigenvalue weighted by Crippen LogP contribution is 2.23. The largest absolute Gasteiger partial charge is 0.494 e. The molecule has 0 saturated heterocycles. The van der Waals surface area contributed by atoms with E-state index in [0.29, 0.717) is 24.5 Å². The summed E-state index contributed by atoms with van der Waals surface area (Å²) >= 11 is 3.42. The van der Waals surface area contributed by atoms with Crippen LogP contribution in [0.5, 0.6) is 5.75 Å². The predicted molar refractivity (Wildman–Crippen MR) is 134 cm³/mol. The van der Waals surface area contributed by atoms with Gasteiger partial charge < -0.3 is 9.47 Å². The fourth-order valence-corrected chi connectivity index (χ4v) is 3.27. The second kappa shape index (κ2) is 14.3. The molecule has 0 N–H and O–H groups in total. The Morgan fingerprint density at radius 1 is 0.969 bits per heavy atom. The molecule has 0 spiro atoms. The van der Waals surface area contributed by atoms with E-state index in [2.05, 4.69) is 27.4 Å². The minimum absolute atomic E-state index is 0.303. The van der Waals surface area contributed by atoms with Crippen molar-refractivity contribution in [2.75, 3.05) is 13.2 Å². The molecule has 0 saturated carbocycles. The number of benzene rings is 2. The second-order valence-corrected chi connectivity index (χ2v) is 8.52. The van der Waals surface area contributed by atoms with Gasteiger partial charge in [-0.2, -0.15) is 0 Å². The summed E-state index contributed by atoms with van der Waals surface area (Å²) in [4.78, 5) is 14.9. The highest BCUT2D eigenvalue weighted by molar-refractivity contribution is 9.10. The summed E-state index contributed by atoms with van der Waals surface area (Å²) in [5.74, 6) is 0.539. The summed E-state index contributed by atoms with van der Waals surface area (Å²) in [6, 6.07) is 15.6. The van der Waals surface area contributed by atoms with Crippen LogP contribution in [0.4, 0.5) is 0 Å². The van der Waals surface area contributed by atoms with Gasteiger partial charge in [0.25, 0.3) is 0 Å². The molecule has 32 heavy (non-hydrogen) atoms. The first-order chi connectivity index (χ1) is 15.5. The molecule has 0 aliphatic carbocycles.